The van der Waals surface area contributed by atoms with E-state index in [1.54, 1.807) is 18.4 Å². The summed E-state index contributed by atoms with van der Waals surface area (Å²) in [4.78, 5) is 17.3. The van der Waals surface area contributed by atoms with Crippen LogP contribution in [0.2, 0.25) is 0 Å². The Morgan fingerprint density at radius 3 is 2.30 bits per heavy atom. The van der Waals surface area contributed by atoms with Crippen molar-refractivity contribution in [2.45, 2.75) is 13.0 Å². The third kappa shape index (κ3) is 3.95. The number of carbonyl (C=O) groups excluding carboxylic acids is 1. The molecule has 0 saturated heterocycles. The molecule has 2 aromatic carbocycles. The summed E-state index contributed by atoms with van der Waals surface area (Å²) in [5.74, 6) is 1.12. The highest BCUT2D eigenvalue weighted by Crippen LogP contribution is 2.19. The molecule has 0 amide bonds. The summed E-state index contributed by atoms with van der Waals surface area (Å²) in [5.41, 5.74) is 2.01. The number of benzene rings is 2. The molecule has 4 aromatic rings. The first-order valence-corrected chi connectivity index (χ1v) is 8.65. The van der Waals surface area contributed by atoms with E-state index in [1.807, 2.05) is 60.7 Å². The molecule has 2 aromatic heterocycles. The van der Waals surface area contributed by atoms with Crippen LogP contribution in [0.4, 0.5) is 5.95 Å². The highest BCUT2D eigenvalue weighted by Gasteiger charge is 2.18. The molecule has 0 aliphatic rings. The normalized spacial score (nSPS) is 10.7. The van der Waals surface area contributed by atoms with E-state index in [0.29, 0.717) is 24.1 Å². The summed E-state index contributed by atoms with van der Waals surface area (Å²) in [7, 11) is 0. The predicted octanol–water partition coefficient (Wildman–Crippen LogP) is 4.03. The number of carbonyl (C=O) groups is 1. The Morgan fingerprint density at radius 1 is 0.926 bits per heavy atom. The van der Waals surface area contributed by atoms with Gasteiger partial charge in [0.15, 0.2) is 5.76 Å². The Labute approximate surface area is 156 Å². The van der Waals surface area contributed by atoms with E-state index in [1.165, 1.54) is 4.68 Å². The molecule has 134 valence electrons. The van der Waals surface area contributed by atoms with Gasteiger partial charge < -0.3 is 9.73 Å². The van der Waals surface area contributed by atoms with Crippen LogP contribution in [-0.2, 0) is 13.0 Å². The third-order valence-electron chi connectivity index (χ3n) is 4.08. The number of nitrogens with zero attached hydrogens (tertiary/aromatic N) is 3. The Kier molecular flexibility index (Phi) is 4.78. The van der Waals surface area contributed by atoms with Crippen molar-refractivity contribution >= 4 is 11.9 Å². The van der Waals surface area contributed by atoms with Gasteiger partial charge in [0.1, 0.15) is 0 Å². The van der Waals surface area contributed by atoms with Gasteiger partial charge in [-0.2, -0.15) is 9.67 Å². The number of rotatable bonds is 6. The number of anilines is 1. The molecule has 2 heterocycles. The Balaban J connectivity index is 1.60. The lowest BCUT2D eigenvalue weighted by molar-refractivity contribution is 0.0901. The SMILES string of the molecule is O=C(Cc1ccccc1)n1nc(-c2ccco2)nc1NCc1ccccc1. The van der Waals surface area contributed by atoms with Gasteiger partial charge in [0.05, 0.1) is 12.7 Å². The molecule has 0 radical (unpaired) electrons. The third-order valence-corrected chi connectivity index (χ3v) is 4.08. The van der Waals surface area contributed by atoms with Crippen LogP contribution in [0, 0.1) is 0 Å². The van der Waals surface area contributed by atoms with Gasteiger partial charge in [-0.25, -0.2) is 0 Å². The van der Waals surface area contributed by atoms with Crippen molar-refractivity contribution in [2.24, 2.45) is 0 Å². The largest absolute Gasteiger partial charge is 0.461 e. The molecule has 0 spiro atoms. The van der Waals surface area contributed by atoms with E-state index in [4.69, 9.17) is 4.42 Å². The van der Waals surface area contributed by atoms with Crippen LogP contribution in [0.3, 0.4) is 0 Å². The van der Waals surface area contributed by atoms with Crippen LogP contribution < -0.4 is 5.32 Å². The summed E-state index contributed by atoms with van der Waals surface area (Å²) in [6, 6.07) is 23.0. The van der Waals surface area contributed by atoms with Crippen LogP contribution in [0.5, 0.6) is 0 Å². The molecule has 0 aliphatic carbocycles. The average molecular weight is 358 g/mol. The predicted molar refractivity (Wildman–Crippen MR) is 102 cm³/mol. The number of aromatic nitrogens is 3. The molecule has 0 saturated carbocycles. The van der Waals surface area contributed by atoms with Crippen LogP contribution in [0.1, 0.15) is 15.9 Å². The first-order valence-electron chi connectivity index (χ1n) is 8.65. The molecule has 0 atom stereocenters. The van der Waals surface area contributed by atoms with Crippen LogP contribution in [0.25, 0.3) is 11.6 Å². The van der Waals surface area contributed by atoms with Crippen molar-refractivity contribution in [2.75, 3.05) is 5.32 Å². The highest BCUT2D eigenvalue weighted by atomic mass is 16.3. The van der Waals surface area contributed by atoms with E-state index >= 15 is 0 Å². The van der Waals surface area contributed by atoms with E-state index in [-0.39, 0.29) is 12.3 Å². The summed E-state index contributed by atoms with van der Waals surface area (Å²) in [5, 5.41) is 7.57. The Hall–Kier alpha value is -3.67. The second-order valence-corrected chi connectivity index (χ2v) is 6.04. The molecule has 6 nitrogen and oxygen atoms in total. The summed E-state index contributed by atoms with van der Waals surface area (Å²) in [6.45, 7) is 0.537. The van der Waals surface area contributed by atoms with Gasteiger partial charge in [-0.1, -0.05) is 60.7 Å². The summed E-state index contributed by atoms with van der Waals surface area (Å²) >= 11 is 0. The van der Waals surface area contributed by atoms with Gasteiger partial charge in [0, 0.05) is 6.54 Å². The average Bonchev–Trinajstić information content (AvgIpc) is 3.38. The fourth-order valence-electron chi connectivity index (χ4n) is 2.73. The van der Waals surface area contributed by atoms with Crippen molar-refractivity contribution in [3.8, 4) is 11.6 Å². The smallest absolute Gasteiger partial charge is 0.254 e. The number of hydrogen-bond donors (Lipinski definition) is 1. The topological polar surface area (TPSA) is 73.0 Å². The minimum atomic E-state index is -0.165. The van der Waals surface area contributed by atoms with Crippen LogP contribution in [-0.4, -0.2) is 20.7 Å². The number of hydrogen-bond acceptors (Lipinski definition) is 5. The van der Waals surface area contributed by atoms with Crippen molar-refractivity contribution in [1.82, 2.24) is 14.8 Å². The van der Waals surface area contributed by atoms with Crippen molar-refractivity contribution in [3.63, 3.8) is 0 Å². The first kappa shape index (κ1) is 16.8. The zero-order valence-electron chi connectivity index (χ0n) is 14.6. The fraction of sp³-hybridized carbons (Fsp3) is 0.0952. The highest BCUT2D eigenvalue weighted by molar-refractivity contribution is 5.83. The molecule has 1 N–H and O–H groups in total. The number of nitrogens with one attached hydrogen (secondary N) is 1. The van der Waals surface area contributed by atoms with Crippen molar-refractivity contribution < 1.29 is 9.21 Å². The maximum Gasteiger partial charge on any atom is 0.254 e. The lowest BCUT2D eigenvalue weighted by Gasteiger charge is -2.07. The molecule has 0 unspecified atom stereocenters. The zero-order valence-corrected chi connectivity index (χ0v) is 14.6. The molecule has 0 bridgehead atoms. The molecular weight excluding hydrogens is 340 g/mol. The molecule has 0 aliphatic heterocycles. The van der Waals surface area contributed by atoms with E-state index in [0.717, 1.165) is 11.1 Å². The van der Waals surface area contributed by atoms with Gasteiger partial charge in [-0.3, -0.25) is 4.79 Å². The molecular formula is C21H18N4O2. The quantitative estimate of drug-likeness (QED) is 0.563. The lowest BCUT2D eigenvalue weighted by atomic mass is 10.1. The Morgan fingerprint density at radius 2 is 1.63 bits per heavy atom. The Bertz CT molecular complexity index is 1010. The second-order valence-electron chi connectivity index (χ2n) is 6.04. The second kappa shape index (κ2) is 7.70. The van der Waals surface area contributed by atoms with Gasteiger partial charge in [-0.05, 0) is 23.3 Å². The fourth-order valence-corrected chi connectivity index (χ4v) is 2.73. The van der Waals surface area contributed by atoms with E-state index in [2.05, 4.69) is 15.4 Å². The van der Waals surface area contributed by atoms with Crippen LogP contribution >= 0.6 is 0 Å². The van der Waals surface area contributed by atoms with Crippen molar-refractivity contribution in [1.29, 1.82) is 0 Å². The van der Waals surface area contributed by atoms with Gasteiger partial charge in [0.25, 0.3) is 5.91 Å². The van der Waals surface area contributed by atoms with E-state index < -0.39 is 0 Å². The maximum atomic E-state index is 12.8. The summed E-state index contributed by atoms with van der Waals surface area (Å²) in [6.07, 6.45) is 1.79. The standard InChI is InChI=1S/C21H18N4O2/c26-19(14-16-8-3-1-4-9-16)25-21(22-15-17-10-5-2-6-11-17)23-20(24-25)18-12-7-13-27-18/h1-13H,14-15H2,(H,22,23,24). The molecule has 6 heteroatoms. The molecule has 0 fully saturated rings. The zero-order chi connectivity index (χ0) is 18.5. The van der Waals surface area contributed by atoms with Gasteiger partial charge >= 0.3 is 0 Å². The molecule has 4 rings (SSSR count). The monoisotopic (exact) mass is 358 g/mol. The van der Waals surface area contributed by atoms with Gasteiger partial charge in [-0.15, -0.1) is 5.10 Å². The maximum absolute atomic E-state index is 12.8. The minimum Gasteiger partial charge on any atom is -0.461 e. The first-order chi connectivity index (χ1) is 13.3. The molecule has 27 heavy (non-hydrogen) atoms. The lowest BCUT2D eigenvalue weighted by Crippen LogP contribution is -2.18. The summed E-state index contributed by atoms with van der Waals surface area (Å²) < 4.78 is 6.68. The van der Waals surface area contributed by atoms with E-state index in [9.17, 15) is 4.79 Å². The van der Waals surface area contributed by atoms with Gasteiger partial charge in [0.2, 0.25) is 11.8 Å². The van der Waals surface area contributed by atoms with Crippen molar-refractivity contribution in [3.05, 3.63) is 90.2 Å². The number of furan rings is 1. The van der Waals surface area contributed by atoms with Crippen LogP contribution in [0.15, 0.2) is 83.5 Å². The minimum absolute atomic E-state index is 0.165.